The Labute approximate surface area is 113 Å². The molecule has 5 heteroatoms. The van der Waals surface area contributed by atoms with Crippen molar-refractivity contribution < 1.29 is 19.4 Å². The molecule has 5 atom stereocenters. The molecular formula is C14H23NO4. The zero-order chi connectivity index (χ0) is 14.0. The first-order chi connectivity index (χ1) is 8.97. The van der Waals surface area contributed by atoms with E-state index in [2.05, 4.69) is 5.32 Å². The molecule has 0 aromatic heterocycles. The lowest BCUT2D eigenvalue weighted by molar-refractivity contribution is -0.146. The smallest absolute Gasteiger partial charge is 0.307 e. The molecule has 0 bridgehead atoms. The van der Waals surface area contributed by atoms with Gasteiger partial charge in [-0.1, -0.05) is 6.92 Å². The minimum atomic E-state index is -0.843. The molecule has 5 nitrogen and oxygen atoms in total. The molecule has 2 fully saturated rings. The number of carboxylic acids is 1. The van der Waals surface area contributed by atoms with Crippen LogP contribution in [0.25, 0.3) is 0 Å². The van der Waals surface area contributed by atoms with Gasteiger partial charge in [0.1, 0.15) is 0 Å². The van der Waals surface area contributed by atoms with Gasteiger partial charge in [-0.05, 0) is 38.5 Å². The normalized spacial score (nSPS) is 38.9. The molecule has 108 valence electrons. The van der Waals surface area contributed by atoms with Gasteiger partial charge in [0, 0.05) is 12.6 Å². The van der Waals surface area contributed by atoms with Crippen LogP contribution in [0.1, 0.15) is 39.5 Å². The Morgan fingerprint density at radius 1 is 1.16 bits per heavy atom. The monoisotopic (exact) mass is 269 g/mol. The maximum absolute atomic E-state index is 12.3. The standard InChI is InChI=1S/C14H23NO4/c1-8-5-11(12(6-8)14(17)18)13(16)15-10-3-4-19-9(2)7-10/h8-12H,3-7H2,1-2H3,(H,15,16)(H,17,18)/t8?,9?,10?,11-,12+/m0/s1. The molecule has 0 aromatic rings. The second kappa shape index (κ2) is 5.90. The molecule has 1 aliphatic carbocycles. The van der Waals surface area contributed by atoms with E-state index in [0.29, 0.717) is 25.4 Å². The topological polar surface area (TPSA) is 75.6 Å². The number of carbonyl (C=O) groups excluding carboxylic acids is 1. The molecule has 2 N–H and O–H groups in total. The zero-order valence-corrected chi connectivity index (χ0v) is 11.6. The summed E-state index contributed by atoms with van der Waals surface area (Å²) in [5.41, 5.74) is 0. The van der Waals surface area contributed by atoms with Crippen molar-refractivity contribution in [3.63, 3.8) is 0 Å². The minimum absolute atomic E-state index is 0.0872. The summed E-state index contributed by atoms with van der Waals surface area (Å²) < 4.78 is 5.45. The molecule has 0 radical (unpaired) electrons. The second-order valence-corrected chi connectivity index (χ2v) is 6.04. The van der Waals surface area contributed by atoms with Gasteiger partial charge in [-0.15, -0.1) is 0 Å². The Bertz CT molecular complexity index is 357. The van der Waals surface area contributed by atoms with Gasteiger partial charge in [-0.25, -0.2) is 0 Å². The van der Waals surface area contributed by atoms with Gasteiger partial charge in [0.15, 0.2) is 0 Å². The maximum atomic E-state index is 12.3. The van der Waals surface area contributed by atoms with E-state index in [0.717, 1.165) is 12.8 Å². The quantitative estimate of drug-likeness (QED) is 0.812. The average Bonchev–Trinajstić information content (AvgIpc) is 2.71. The highest BCUT2D eigenvalue weighted by atomic mass is 16.5. The lowest BCUT2D eigenvalue weighted by atomic mass is 9.94. The summed E-state index contributed by atoms with van der Waals surface area (Å²) in [6.07, 6.45) is 3.08. The van der Waals surface area contributed by atoms with Crippen LogP contribution in [0.15, 0.2) is 0 Å². The summed E-state index contributed by atoms with van der Waals surface area (Å²) in [5, 5.41) is 12.2. The third-order valence-corrected chi connectivity index (χ3v) is 4.28. The number of nitrogens with one attached hydrogen (secondary N) is 1. The number of amides is 1. The highest BCUT2D eigenvalue weighted by molar-refractivity contribution is 5.85. The fourth-order valence-electron chi connectivity index (χ4n) is 3.29. The third kappa shape index (κ3) is 3.47. The van der Waals surface area contributed by atoms with Crippen LogP contribution in [0.3, 0.4) is 0 Å². The third-order valence-electron chi connectivity index (χ3n) is 4.28. The highest BCUT2D eigenvalue weighted by Crippen LogP contribution is 2.36. The first kappa shape index (κ1) is 14.3. The van der Waals surface area contributed by atoms with Crippen molar-refractivity contribution in [2.24, 2.45) is 17.8 Å². The van der Waals surface area contributed by atoms with E-state index in [9.17, 15) is 14.7 Å². The summed E-state index contributed by atoms with van der Waals surface area (Å²) in [7, 11) is 0. The SMILES string of the molecule is CC1C[C@H](C(=O)NC2CCOC(C)C2)[C@H](C(=O)O)C1. The van der Waals surface area contributed by atoms with Crippen LogP contribution in [0, 0.1) is 17.8 Å². The summed E-state index contributed by atoms with van der Waals surface area (Å²) in [6.45, 7) is 4.67. The van der Waals surface area contributed by atoms with Crippen LogP contribution in [-0.2, 0) is 14.3 Å². The number of aliphatic carboxylic acids is 1. The van der Waals surface area contributed by atoms with Crippen molar-refractivity contribution >= 4 is 11.9 Å². The molecule has 1 amide bonds. The van der Waals surface area contributed by atoms with Gasteiger partial charge in [-0.2, -0.15) is 0 Å². The molecule has 1 aliphatic heterocycles. The van der Waals surface area contributed by atoms with Crippen LogP contribution in [0.4, 0.5) is 0 Å². The number of ether oxygens (including phenoxy) is 1. The average molecular weight is 269 g/mol. The van der Waals surface area contributed by atoms with Crippen molar-refractivity contribution in [1.29, 1.82) is 0 Å². The van der Waals surface area contributed by atoms with E-state index in [1.807, 2.05) is 13.8 Å². The van der Waals surface area contributed by atoms with Gasteiger partial charge in [0.2, 0.25) is 5.91 Å². The summed E-state index contributed by atoms with van der Waals surface area (Å²) in [6, 6.07) is 0.126. The van der Waals surface area contributed by atoms with Gasteiger partial charge < -0.3 is 15.2 Å². The van der Waals surface area contributed by atoms with Crippen molar-refractivity contribution in [3.05, 3.63) is 0 Å². The summed E-state index contributed by atoms with van der Waals surface area (Å²) >= 11 is 0. The fourth-order valence-corrected chi connectivity index (χ4v) is 3.29. The largest absolute Gasteiger partial charge is 0.481 e. The van der Waals surface area contributed by atoms with Gasteiger partial charge in [0.25, 0.3) is 0 Å². The van der Waals surface area contributed by atoms with E-state index in [1.165, 1.54) is 0 Å². The van der Waals surface area contributed by atoms with E-state index in [1.54, 1.807) is 0 Å². The molecule has 1 saturated carbocycles. The van der Waals surface area contributed by atoms with E-state index in [-0.39, 0.29) is 24.0 Å². The summed E-state index contributed by atoms with van der Waals surface area (Å²) in [5.74, 6) is -1.51. The van der Waals surface area contributed by atoms with Crippen molar-refractivity contribution in [2.45, 2.75) is 51.7 Å². The summed E-state index contributed by atoms with van der Waals surface area (Å²) in [4.78, 5) is 23.5. The number of carbonyl (C=O) groups is 2. The number of hydrogen-bond acceptors (Lipinski definition) is 3. The molecule has 3 unspecified atom stereocenters. The van der Waals surface area contributed by atoms with Crippen molar-refractivity contribution in [2.75, 3.05) is 6.61 Å². The lowest BCUT2D eigenvalue weighted by Crippen LogP contribution is -2.45. The predicted molar refractivity (Wildman–Crippen MR) is 69.6 cm³/mol. The maximum Gasteiger partial charge on any atom is 0.307 e. The van der Waals surface area contributed by atoms with Gasteiger partial charge in [-0.3, -0.25) is 9.59 Å². The Hall–Kier alpha value is -1.10. The zero-order valence-electron chi connectivity index (χ0n) is 11.6. The highest BCUT2D eigenvalue weighted by Gasteiger charge is 2.41. The van der Waals surface area contributed by atoms with Crippen LogP contribution in [-0.4, -0.2) is 35.7 Å². The van der Waals surface area contributed by atoms with Crippen molar-refractivity contribution in [1.82, 2.24) is 5.32 Å². The Morgan fingerprint density at radius 3 is 2.47 bits per heavy atom. The number of rotatable bonds is 3. The molecule has 19 heavy (non-hydrogen) atoms. The van der Waals surface area contributed by atoms with E-state index >= 15 is 0 Å². The number of hydrogen-bond donors (Lipinski definition) is 2. The minimum Gasteiger partial charge on any atom is -0.481 e. The molecule has 1 saturated heterocycles. The number of carboxylic acid groups (broad SMARTS) is 1. The van der Waals surface area contributed by atoms with Crippen LogP contribution in [0.5, 0.6) is 0 Å². The Morgan fingerprint density at radius 2 is 1.84 bits per heavy atom. The molecule has 0 spiro atoms. The molecular weight excluding hydrogens is 246 g/mol. The molecule has 1 heterocycles. The van der Waals surface area contributed by atoms with Crippen LogP contribution < -0.4 is 5.32 Å². The lowest BCUT2D eigenvalue weighted by Gasteiger charge is -2.29. The van der Waals surface area contributed by atoms with Crippen LogP contribution >= 0.6 is 0 Å². The van der Waals surface area contributed by atoms with Gasteiger partial charge >= 0.3 is 5.97 Å². The predicted octanol–water partition coefficient (Wildman–Crippen LogP) is 1.42. The molecule has 0 aromatic carbocycles. The van der Waals surface area contributed by atoms with Crippen LogP contribution in [0.2, 0.25) is 0 Å². The van der Waals surface area contributed by atoms with E-state index < -0.39 is 11.9 Å². The fraction of sp³-hybridized carbons (Fsp3) is 0.857. The Balaban J connectivity index is 1.93. The first-order valence-electron chi connectivity index (χ1n) is 7.12. The Kier molecular flexibility index (Phi) is 4.45. The molecule has 2 aliphatic rings. The second-order valence-electron chi connectivity index (χ2n) is 6.04. The van der Waals surface area contributed by atoms with Crippen molar-refractivity contribution in [3.8, 4) is 0 Å². The van der Waals surface area contributed by atoms with Gasteiger partial charge in [0.05, 0.1) is 17.9 Å². The first-order valence-corrected chi connectivity index (χ1v) is 7.12. The molecule has 2 rings (SSSR count). The van der Waals surface area contributed by atoms with E-state index in [4.69, 9.17) is 4.74 Å².